The van der Waals surface area contributed by atoms with E-state index < -0.39 is 22.7 Å². The molecule has 7 heteroatoms. The molecule has 1 atom stereocenters. The van der Waals surface area contributed by atoms with Crippen molar-refractivity contribution in [3.8, 4) is 0 Å². The standard InChI is InChI=1S/C10H11F3N2O2/c1-7(15(16)17)6-14-9-4-2-8(3-5-9)10(11,12)13/h2-5,7,14H,6H2,1H3. The predicted molar refractivity (Wildman–Crippen MR) is 56.4 cm³/mol. The van der Waals surface area contributed by atoms with Crippen LogP contribution in [0.2, 0.25) is 0 Å². The van der Waals surface area contributed by atoms with Gasteiger partial charge in [-0.15, -0.1) is 0 Å². The van der Waals surface area contributed by atoms with Crippen LogP contribution >= 0.6 is 0 Å². The number of hydrogen-bond acceptors (Lipinski definition) is 3. The van der Waals surface area contributed by atoms with Gasteiger partial charge in [0.15, 0.2) is 0 Å². The van der Waals surface area contributed by atoms with E-state index in [0.29, 0.717) is 5.69 Å². The molecule has 1 unspecified atom stereocenters. The Labute approximate surface area is 95.6 Å². The molecule has 17 heavy (non-hydrogen) atoms. The van der Waals surface area contributed by atoms with E-state index in [1.807, 2.05) is 0 Å². The van der Waals surface area contributed by atoms with Gasteiger partial charge in [-0.05, 0) is 24.3 Å². The number of rotatable bonds is 4. The highest BCUT2D eigenvalue weighted by atomic mass is 19.4. The number of alkyl halides is 3. The van der Waals surface area contributed by atoms with Crippen molar-refractivity contribution in [1.82, 2.24) is 0 Å². The molecule has 1 rings (SSSR count). The van der Waals surface area contributed by atoms with Crippen LogP contribution in [0.4, 0.5) is 18.9 Å². The first-order valence-corrected chi connectivity index (χ1v) is 4.85. The molecule has 1 N–H and O–H groups in total. The molecule has 0 heterocycles. The lowest BCUT2D eigenvalue weighted by molar-refractivity contribution is -0.514. The Kier molecular flexibility index (Phi) is 3.93. The van der Waals surface area contributed by atoms with Crippen LogP contribution in [0, 0.1) is 10.1 Å². The van der Waals surface area contributed by atoms with Crippen LogP contribution in [0.5, 0.6) is 0 Å². The van der Waals surface area contributed by atoms with Crippen molar-refractivity contribution in [2.45, 2.75) is 19.1 Å². The largest absolute Gasteiger partial charge is 0.416 e. The second kappa shape index (κ2) is 5.03. The van der Waals surface area contributed by atoms with Gasteiger partial charge in [-0.2, -0.15) is 13.2 Å². The molecule has 0 aromatic heterocycles. The third kappa shape index (κ3) is 3.93. The van der Waals surface area contributed by atoms with E-state index in [1.165, 1.54) is 19.1 Å². The van der Waals surface area contributed by atoms with E-state index in [-0.39, 0.29) is 6.54 Å². The molecule has 94 valence electrons. The van der Waals surface area contributed by atoms with Gasteiger partial charge in [0.25, 0.3) is 0 Å². The molecule has 0 bridgehead atoms. The number of nitro groups is 1. The van der Waals surface area contributed by atoms with E-state index >= 15 is 0 Å². The fourth-order valence-electron chi connectivity index (χ4n) is 1.12. The minimum absolute atomic E-state index is 0.0678. The number of nitrogens with zero attached hydrogens (tertiary/aromatic N) is 1. The molecule has 1 aromatic rings. The topological polar surface area (TPSA) is 55.2 Å². The first-order chi connectivity index (χ1) is 7.80. The van der Waals surface area contributed by atoms with Gasteiger partial charge < -0.3 is 5.32 Å². The highest BCUT2D eigenvalue weighted by Crippen LogP contribution is 2.29. The minimum Gasteiger partial charge on any atom is -0.378 e. The van der Waals surface area contributed by atoms with Crippen LogP contribution in [-0.2, 0) is 6.18 Å². The van der Waals surface area contributed by atoms with Gasteiger partial charge in [-0.3, -0.25) is 10.1 Å². The van der Waals surface area contributed by atoms with E-state index in [4.69, 9.17) is 0 Å². The summed E-state index contributed by atoms with van der Waals surface area (Å²) in [6, 6.07) is 3.56. The molecular weight excluding hydrogens is 237 g/mol. The zero-order valence-electron chi connectivity index (χ0n) is 8.99. The zero-order valence-corrected chi connectivity index (χ0v) is 8.99. The molecule has 0 amide bonds. The van der Waals surface area contributed by atoms with Crippen LogP contribution < -0.4 is 5.32 Å². The second-order valence-corrected chi connectivity index (χ2v) is 3.59. The highest BCUT2D eigenvalue weighted by Gasteiger charge is 2.29. The van der Waals surface area contributed by atoms with Crippen molar-refractivity contribution < 1.29 is 18.1 Å². The smallest absolute Gasteiger partial charge is 0.378 e. The molecule has 4 nitrogen and oxygen atoms in total. The Hall–Kier alpha value is -1.79. The number of nitrogens with one attached hydrogen (secondary N) is 1. The quantitative estimate of drug-likeness (QED) is 0.658. The third-order valence-electron chi connectivity index (χ3n) is 2.17. The minimum atomic E-state index is -4.37. The molecule has 0 spiro atoms. The van der Waals surface area contributed by atoms with E-state index in [2.05, 4.69) is 5.32 Å². The lowest BCUT2D eigenvalue weighted by Crippen LogP contribution is -2.24. The molecule has 0 aliphatic heterocycles. The molecule has 1 aromatic carbocycles. The maximum absolute atomic E-state index is 12.2. The summed E-state index contributed by atoms with van der Waals surface area (Å²) in [4.78, 5) is 9.86. The van der Waals surface area contributed by atoms with Gasteiger partial charge in [0.1, 0.15) is 0 Å². The van der Waals surface area contributed by atoms with Gasteiger partial charge in [0.05, 0.1) is 12.1 Å². The fourth-order valence-corrected chi connectivity index (χ4v) is 1.12. The Morgan fingerprint density at radius 3 is 2.29 bits per heavy atom. The SMILES string of the molecule is CC(CNc1ccc(C(F)(F)F)cc1)[N+](=O)[O-]. The van der Waals surface area contributed by atoms with E-state index in [0.717, 1.165) is 12.1 Å². The van der Waals surface area contributed by atoms with Crippen molar-refractivity contribution in [2.24, 2.45) is 0 Å². The summed E-state index contributed by atoms with van der Waals surface area (Å²) < 4.78 is 36.7. The molecule has 0 aliphatic rings. The van der Waals surface area contributed by atoms with Gasteiger partial charge in [-0.25, -0.2) is 0 Å². The number of halogens is 3. The molecular formula is C10H11F3N2O2. The molecule has 0 radical (unpaired) electrons. The average molecular weight is 248 g/mol. The molecule has 0 fully saturated rings. The Bertz CT molecular complexity index is 390. The van der Waals surface area contributed by atoms with Crippen LogP contribution in [0.3, 0.4) is 0 Å². The van der Waals surface area contributed by atoms with Crippen molar-refractivity contribution in [3.63, 3.8) is 0 Å². The summed E-state index contributed by atoms with van der Waals surface area (Å²) in [7, 11) is 0. The number of hydrogen-bond donors (Lipinski definition) is 1. The monoisotopic (exact) mass is 248 g/mol. The molecule has 0 aliphatic carbocycles. The fraction of sp³-hybridized carbons (Fsp3) is 0.400. The van der Waals surface area contributed by atoms with Crippen molar-refractivity contribution in [3.05, 3.63) is 39.9 Å². The van der Waals surface area contributed by atoms with Crippen LogP contribution in [0.25, 0.3) is 0 Å². The normalized spacial score (nSPS) is 13.2. The van der Waals surface area contributed by atoms with Crippen molar-refractivity contribution in [1.29, 1.82) is 0 Å². The maximum atomic E-state index is 12.2. The summed E-state index contributed by atoms with van der Waals surface area (Å²) in [5.74, 6) is 0. The first kappa shape index (κ1) is 13.3. The Morgan fingerprint density at radius 2 is 1.88 bits per heavy atom. The molecule has 0 saturated carbocycles. The average Bonchev–Trinajstić information content (AvgIpc) is 2.25. The van der Waals surface area contributed by atoms with E-state index in [9.17, 15) is 23.3 Å². The third-order valence-corrected chi connectivity index (χ3v) is 2.17. The Morgan fingerprint density at radius 1 is 1.35 bits per heavy atom. The van der Waals surface area contributed by atoms with Crippen molar-refractivity contribution in [2.75, 3.05) is 11.9 Å². The summed E-state index contributed by atoms with van der Waals surface area (Å²) in [5.41, 5.74) is -0.322. The second-order valence-electron chi connectivity index (χ2n) is 3.59. The summed E-state index contributed by atoms with van der Waals surface area (Å²) >= 11 is 0. The lowest BCUT2D eigenvalue weighted by Gasteiger charge is -2.10. The number of benzene rings is 1. The van der Waals surface area contributed by atoms with E-state index in [1.54, 1.807) is 0 Å². The van der Waals surface area contributed by atoms with Gasteiger partial charge in [-0.1, -0.05) is 0 Å². The van der Waals surface area contributed by atoms with Crippen LogP contribution in [0.15, 0.2) is 24.3 Å². The first-order valence-electron chi connectivity index (χ1n) is 4.85. The number of anilines is 1. The van der Waals surface area contributed by atoms with Crippen molar-refractivity contribution >= 4 is 5.69 Å². The zero-order chi connectivity index (χ0) is 13.1. The summed E-state index contributed by atoms with van der Waals surface area (Å²) in [6.45, 7) is 1.48. The molecule has 0 saturated heterocycles. The van der Waals surface area contributed by atoms with Crippen LogP contribution in [-0.4, -0.2) is 17.5 Å². The predicted octanol–water partition coefficient (Wildman–Crippen LogP) is 2.78. The maximum Gasteiger partial charge on any atom is 0.416 e. The lowest BCUT2D eigenvalue weighted by atomic mass is 10.2. The van der Waals surface area contributed by atoms with Gasteiger partial charge in [0.2, 0.25) is 6.04 Å². The van der Waals surface area contributed by atoms with Gasteiger partial charge >= 0.3 is 6.18 Å². The summed E-state index contributed by atoms with van der Waals surface area (Å²) in [6.07, 6.45) is -4.37. The van der Waals surface area contributed by atoms with Gasteiger partial charge in [0, 0.05) is 17.5 Å². The summed E-state index contributed by atoms with van der Waals surface area (Å²) in [5, 5.41) is 13.0. The highest BCUT2D eigenvalue weighted by molar-refractivity contribution is 5.45. The van der Waals surface area contributed by atoms with Crippen LogP contribution in [0.1, 0.15) is 12.5 Å². The Balaban J connectivity index is 2.60.